The maximum atomic E-state index is 14.0. The topological polar surface area (TPSA) is 70.9 Å². The van der Waals surface area contributed by atoms with E-state index in [1.807, 2.05) is 25.3 Å². The van der Waals surface area contributed by atoms with Crippen LogP contribution in [0, 0.1) is 18.2 Å². The normalized spacial score (nSPS) is 11.5. The molecule has 3 aromatic rings. The van der Waals surface area contributed by atoms with Gasteiger partial charge in [-0.3, -0.25) is 9.78 Å². The number of aromatic amines is 1. The lowest BCUT2D eigenvalue weighted by atomic mass is 9.85. The summed E-state index contributed by atoms with van der Waals surface area (Å²) in [6.45, 7) is 10.5. The van der Waals surface area contributed by atoms with Gasteiger partial charge in [0, 0.05) is 42.8 Å². The van der Waals surface area contributed by atoms with Crippen LogP contribution < -0.4 is 10.7 Å². The molecule has 0 aliphatic rings. The van der Waals surface area contributed by atoms with Gasteiger partial charge < -0.3 is 14.7 Å². The highest BCUT2D eigenvalue weighted by atomic mass is 19.1. The molecule has 0 unspecified atom stereocenters. The zero-order valence-corrected chi connectivity index (χ0v) is 20.0. The Kier molecular flexibility index (Phi) is 8.39. The summed E-state index contributed by atoms with van der Waals surface area (Å²) in [5, 5.41) is 3.50. The lowest BCUT2D eigenvalue weighted by Gasteiger charge is -2.23. The number of hydrogen-bond acceptors (Lipinski definition) is 4. The van der Waals surface area contributed by atoms with Crippen LogP contribution in [0.1, 0.15) is 62.7 Å². The second-order valence-electron chi connectivity index (χ2n) is 9.36. The van der Waals surface area contributed by atoms with E-state index >= 15 is 0 Å². The van der Waals surface area contributed by atoms with Crippen LogP contribution in [0.25, 0.3) is 11.0 Å². The highest BCUT2D eigenvalue weighted by Gasteiger charge is 2.15. The summed E-state index contributed by atoms with van der Waals surface area (Å²) in [4.78, 5) is 20.2. The van der Waals surface area contributed by atoms with Crippen molar-refractivity contribution in [2.45, 2.75) is 59.9 Å². The molecule has 0 spiro atoms. The summed E-state index contributed by atoms with van der Waals surface area (Å²) in [5.41, 5.74) is 3.01. The Labute approximate surface area is 194 Å². The van der Waals surface area contributed by atoms with Gasteiger partial charge in [-0.15, -0.1) is 0 Å². The van der Waals surface area contributed by atoms with Gasteiger partial charge in [-0.1, -0.05) is 39.3 Å². The van der Waals surface area contributed by atoms with Crippen LogP contribution >= 0.6 is 0 Å². The highest BCUT2D eigenvalue weighted by molar-refractivity contribution is 5.76. The monoisotopic (exact) mass is 451 g/mol. The van der Waals surface area contributed by atoms with E-state index in [0.29, 0.717) is 17.6 Å². The first kappa shape index (κ1) is 24.6. The number of rotatable bonds is 9. The van der Waals surface area contributed by atoms with Crippen LogP contribution in [0.2, 0.25) is 0 Å². The molecule has 0 radical (unpaired) electrons. The molecule has 1 aromatic carbocycles. The van der Waals surface area contributed by atoms with Crippen molar-refractivity contribution in [3.63, 3.8) is 0 Å². The number of nitrogens with one attached hydrogen (secondary N) is 2. The highest BCUT2D eigenvalue weighted by Crippen LogP contribution is 2.25. The van der Waals surface area contributed by atoms with Crippen LogP contribution in [0.4, 0.5) is 4.39 Å². The van der Waals surface area contributed by atoms with Gasteiger partial charge in [0.1, 0.15) is 22.5 Å². The van der Waals surface area contributed by atoms with Crippen molar-refractivity contribution >= 4 is 11.0 Å². The molecule has 0 saturated carbocycles. The summed E-state index contributed by atoms with van der Waals surface area (Å²) >= 11 is 0. The predicted molar refractivity (Wildman–Crippen MR) is 131 cm³/mol. The maximum Gasteiger partial charge on any atom is 0.195 e. The molecule has 2 aromatic heterocycles. The number of aryl methyl sites for hydroxylation is 1. The molecule has 3 rings (SSSR count). The fraction of sp³-hybridized carbons (Fsp3) is 0.407. The lowest BCUT2D eigenvalue weighted by Crippen LogP contribution is -2.22. The van der Waals surface area contributed by atoms with Gasteiger partial charge in [-0.05, 0) is 55.5 Å². The Morgan fingerprint density at radius 1 is 1.15 bits per heavy atom. The smallest absolute Gasteiger partial charge is 0.195 e. The van der Waals surface area contributed by atoms with E-state index in [9.17, 15) is 9.18 Å². The number of aromatic nitrogens is 2. The molecular formula is C27H34FN3O2. The van der Waals surface area contributed by atoms with Gasteiger partial charge in [0.05, 0.1) is 0 Å². The molecular weight excluding hydrogens is 417 g/mol. The van der Waals surface area contributed by atoms with Crippen molar-refractivity contribution in [1.82, 2.24) is 15.3 Å². The Morgan fingerprint density at radius 2 is 1.97 bits per heavy atom. The van der Waals surface area contributed by atoms with E-state index in [1.54, 1.807) is 12.3 Å². The lowest BCUT2D eigenvalue weighted by molar-refractivity contribution is 0.298. The van der Waals surface area contributed by atoms with Gasteiger partial charge in [-0.2, -0.15) is 0 Å². The van der Waals surface area contributed by atoms with Crippen LogP contribution in [0.15, 0.2) is 58.0 Å². The Bertz CT molecular complexity index is 1200. The zero-order chi connectivity index (χ0) is 23.8. The largest absolute Gasteiger partial charge is 0.460 e. The molecule has 176 valence electrons. The second kappa shape index (κ2) is 11.2. The first-order valence-corrected chi connectivity index (χ1v) is 11.6. The summed E-state index contributed by atoms with van der Waals surface area (Å²) in [6.07, 6.45) is 7.47. The fourth-order valence-corrected chi connectivity index (χ4v) is 3.97. The minimum Gasteiger partial charge on any atom is -0.460 e. The molecule has 6 heteroatoms. The summed E-state index contributed by atoms with van der Waals surface area (Å²) in [6, 6.07) is 9.79. The van der Waals surface area contributed by atoms with Crippen LogP contribution in [-0.2, 0) is 13.0 Å². The van der Waals surface area contributed by atoms with Crippen LogP contribution in [0.5, 0.6) is 0 Å². The second-order valence-corrected chi connectivity index (χ2v) is 9.36. The van der Waals surface area contributed by atoms with E-state index in [4.69, 9.17) is 4.42 Å². The first-order chi connectivity index (χ1) is 15.8. The van der Waals surface area contributed by atoms with Crippen molar-refractivity contribution in [1.29, 1.82) is 0 Å². The molecule has 0 aliphatic carbocycles. The standard InChI is InChI=1S/C27H34FN3O2/c1-5-11-27(3,4)12-13-29-16-20-10-9-19(2)31-21(18-30-17-20)14-22-15-24(32)26-23(28)7-6-8-25(26)33-22/h6-10,15,17-18,29,31H,5,11-14,16H2,1-4H3. The number of H-pyrrole nitrogens is 1. The van der Waals surface area contributed by atoms with E-state index in [2.05, 4.69) is 36.1 Å². The number of hydrogen-bond donors (Lipinski definition) is 2. The van der Waals surface area contributed by atoms with Gasteiger partial charge in [0.25, 0.3) is 0 Å². The average Bonchev–Trinajstić information content (AvgIpc) is 2.81. The van der Waals surface area contributed by atoms with Crippen molar-refractivity contribution < 1.29 is 8.81 Å². The van der Waals surface area contributed by atoms with Crippen molar-refractivity contribution in [3.05, 3.63) is 87.5 Å². The molecule has 0 amide bonds. The third-order valence-corrected chi connectivity index (χ3v) is 5.73. The minimum atomic E-state index is -0.572. The molecule has 33 heavy (non-hydrogen) atoms. The SMILES string of the molecule is CCCC(C)(C)CCNCc1ccc(C)[nH]c(Cc2cc(=O)c3c(F)cccc3o2)cnc1. The first-order valence-electron chi connectivity index (χ1n) is 11.6. The number of halogens is 1. The van der Waals surface area contributed by atoms with E-state index in [-0.39, 0.29) is 16.4 Å². The van der Waals surface area contributed by atoms with Crippen molar-refractivity contribution in [2.24, 2.45) is 5.41 Å². The molecule has 0 atom stereocenters. The third kappa shape index (κ3) is 7.26. The minimum absolute atomic E-state index is 0.0221. The van der Waals surface area contributed by atoms with Gasteiger partial charge in [0.15, 0.2) is 5.43 Å². The molecule has 0 aliphatic heterocycles. The van der Waals surface area contributed by atoms with Crippen molar-refractivity contribution in [2.75, 3.05) is 6.54 Å². The Hall–Kier alpha value is -2.99. The van der Waals surface area contributed by atoms with Crippen LogP contribution in [0.3, 0.4) is 0 Å². The summed E-state index contributed by atoms with van der Waals surface area (Å²) in [7, 11) is 0. The fourth-order valence-electron chi connectivity index (χ4n) is 3.97. The zero-order valence-electron chi connectivity index (χ0n) is 20.0. The van der Waals surface area contributed by atoms with E-state index in [1.165, 1.54) is 31.0 Å². The molecule has 0 saturated heterocycles. The number of nitrogens with zero attached hydrogens (tertiary/aromatic N) is 1. The van der Waals surface area contributed by atoms with Crippen LogP contribution in [-0.4, -0.2) is 16.5 Å². The van der Waals surface area contributed by atoms with Gasteiger partial charge in [0.2, 0.25) is 0 Å². The number of fused-ring (bicyclic) bond motifs is 1. The predicted octanol–water partition coefficient (Wildman–Crippen LogP) is 5.98. The average molecular weight is 452 g/mol. The number of benzene rings is 1. The Balaban J connectivity index is 1.74. The summed E-state index contributed by atoms with van der Waals surface area (Å²) < 4.78 is 19.7. The maximum absolute atomic E-state index is 14.0. The molecule has 5 nitrogen and oxygen atoms in total. The quantitative estimate of drug-likeness (QED) is 0.392. The van der Waals surface area contributed by atoms with Gasteiger partial charge in [-0.25, -0.2) is 4.39 Å². The molecule has 2 heterocycles. The molecule has 0 bridgehead atoms. The molecule has 2 N–H and O–H groups in total. The molecule has 0 fully saturated rings. The third-order valence-electron chi connectivity index (χ3n) is 5.73. The van der Waals surface area contributed by atoms with Crippen molar-refractivity contribution in [3.8, 4) is 0 Å². The van der Waals surface area contributed by atoms with E-state index < -0.39 is 5.82 Å². The van der Waals surface area contributed by atoms with Gasteiger partial charge >= 0.3 is 0 Å². The Morgan fingerprint density at radius 3 is 2.76 bits per heavy atom. The summed E-state index contributed by atoms with van der Waals surface area (Å²) in [5.74, 6) is -0.124. The van der Waals surface area contributed by atoms with E-state index in [0.717, 1.165) is 36.5 Å².